The molecule has 7 nitrogen and oxygen atoms in total. The van der Waals surface area contributed by atoms with Crippen LogP contribution < -0.4 is 17.0 Å². The van der Waals surface area contributed by atoms with Crippen LogP contribution in [0.1, 0.15) is 19.8 Å². The molecule has 0 bridgehead atoms. The van der Waals surface area contributed by atoms with Crippen LogP contribution in [0.3, 0.4) is 0 Å². The average Bonchev–Trinajstić information content (AvgIpc) is 2.27. The summed E-state index contributed by atoms with van der Waals surface area (Å²) in [4.78, 5) is 33.6. The molecule has 0 aliphatic heterocycles. The number of unbranched alkanes of at least 4 members (excludes halogenated alkanes) is 1. The van der Waals surface area contributed by atoms with Gasteiger partial charge in [-0.3, -0.25) is 13.9 Å². The van der Waals surface area contributed by atoms with Gasteiger partial charge in [-0.15, -0.1) is 4.91 Å². The van der Waals surface area contributed by atoms with Gasteiger partial charge in [0, 0.05) is 13.6 Å². The van der Waals surface area contributed by atoms with Crippen LogP contribution in [-0.2, 0) is 13.6 Å². The summed E-state index contributed by atoms with van der Waals surface area (Å²) in [7, 11) is 1.29. The predicted molar refractivity (Wildman–Crippen MR) is 60.7 cm³/mol. The lowest BCUT2D eigenvalue weighted by atomic mass is 10.3. The van der Waals surface area contributed by atoms with Gasteiger partial charge in [-0.2, -0.15) is 0 Å². The van der Waals surface area contributed by atoms with Gasteiger partial charge in [-0.1, -0.05) is 13.3 Å². The van der Waals surface area contributed by atoms with E-state index in [9.17, 15) is 14.5 Å². The zero-order valence-corrected chi connectivity index (χ0v) is 9.27. The van der Waals surface area contributed by atoms with Crippen molar-refractivity contribution in [3.05, 3.63) is 25.7 Å². The van der Waals surface area contributed by atoms with Crippen LogP contribution in [0.2, 0.25) is 0 Å². The van der Waals surface area contributed by atoms with E-state index in [4.69, 9.17) is 5.73 Å². The highest BCUT2D eigenvalue weighted by Crippen LogP contribution is 2.13. The van der Waals surface area contributed by atoms with Crippen molar-refractivity contribution in [2.75, 3.05) is 5.73 Å². The molecule has 0 aliphatic rings. The first kappa shape index (κ1) is 12.2. The minimum absolute atomic E-state index is 0.156. The first-order chi connectivity index (χ1) is 7.54. The molecule has 2 N–H and O–H groups in total. The van der Waals surface area contributed by atoms with Crippen molar-refractivity contribution in [1.82, 2.24) is 9.13 Å². The van der Waals surface area contributed by atoms with Crippen LogP contribution in [0.25, 0.3) is 0 Å². The van der Waals surface area contributed by atoms with Crippen LogP contribution in [0.5, 0.6) is 0 Å². The molecule has 0 saturated carbocycles. The molecule has 0 spiro atoms. The Morgan fingerprint density at radius 1 is 1.38 bits per heavy atom. The van der Waals surface area contributed by atoms with Gasteiger partial charge < -0.3 is 5.73 Å². The van der Waals surface area contributed by atoms with E-state index in [1.54, 1.807) is 0 Å². The Morgan fingerprint density at radius 2 is 2.00 bits per heavy atom. The lowest BCUT2D eigenvalue weighted by molar-refractivity contribution is 0.575. The van der Waals surface area contributed by atoms with Crippen LogP contribution in [0.15, 0.2) is 14.8 Å². The van der Waals surface area contributed by atoms with Crippen LogP contribution >= 0.6 is 0 Å². The zero-order valence-electron chi connectivity index (χ0n) is 9.27. The molecule has 16 heavy (non-hydrogen) atoms. The number of hydrogen-bond acceptors (Lipinski definition) is 5. The van der Waals surface area contributed by atoms with Crippen LogP contribution in [0.4, 0.5) is 11.5 Å². The normalized spacial score (nSPS) is 10.4. The standard InChI is InChI=1S/C9H14N4O3/c1-3-4-5-13-7(10)6(11-16)8(14)12(2)9(13)15/h3-5,10H2,1-2H3. The van der Waals surface area contributed by atoms with E-state index < -0.39 is 16.9 Å². The van der Waals surface area contributed by atoms with Crippen LogP contribution in [-0.4, -0.2) is 9.13 Å². The van der Waals surface area contributed by atoms with Crippen molar-refractivity contribution >= 4 is 11.5 Å². The molecule has 88 valence electrons. The van der Waals surface area contributed by atoms with Gasteiger partial charge in [0.2, 0.25) is 5.69 Å². The van der Waals surface area contributed by atoms with E-state index in [0.29, 0.717) is 6.54 Å². The first-order valence-electron chi connectivity index (χ1n) is 4.97. The molecular weight excluding hydrogens is 212 g/mol. The summed E-state index contributed by atoms with van der Waals surface area (Å²) in [5.74, 6) is -0.156. The van der Waals surface area contributed by atoms with Crippen molar-refractivity contribution in [1.29, 1.82) is 0 Å². The molecule has 0 aliphatic carbocycles. The van der Waals surface area contributed by atoms with Gasteiger partial charge in [0.25, 0.3) is 5.56 Å². The van der Waals surface area contributed by atoms with Gasteiger partial charge in [0.1, 0.15) is 5.82 Å². The Labute approximate surface area is 91.5 Å². The lowest BCUT2D eigenvalue weighted by Gasteiger charge is -2.10. The second-order valence-corrected chi connectivity index (χ2v) is 3.48. The molecule has 0 saturated heterocycles. The molecule has 0 amide bonds. The van der Waals surface area contributed by atoms with Crippen molar-refractivity contribution in [3.63, 3.8) is 0 Å². The molecule has 1 aromatic rings. The van der Waals surface area contributed by atoms with E-state index in [2.05, 4.69) is 5.18 Å². The second-order valence-electron chi connectivity index (χ2n) is 3.48. The molecule has 1 heterocycles. The van der Waals surface area contributed by atoms with Gasteiger partial charge >= 0.3 is 5.69 Å². The third-order valence-corrected chi connectivity index (χ3v) is 2.39. The Kier molecular flexibility index (Phi) is 3.60. The number of nitroso groups, excluding NO2 is 1. The smallest absolute Gasteiger partial charge is 0.332 e. The summed E-state index contributed by atoms with van der Waals surface area (Å²) in [6.07, 6.45) is 1.61. The summed E-state index contributed by atoms with van der Waals surface area (Å²) in [5, 5.41) is 2.57. The lowest BCUT2D eigenvalue weighted by Crippen LogP contribution is -2.39. The molecule has 1 aromatic heterocycles. The Balaban J connectivity index is 3.49. The van der Waals surface area contributed by atoms with Gasteiger partial charge in [0.15, 0.2) is 0 Å². The van der Waals surface area contributed by atoms with Gasteiger partial charge in [0.05, 0.1) is 0 Å². The van der Waals surface area contributed by atoms with Crippen molar-refractivity contribution < 1.29 is 0 Å². The minimum atomic E-state index is -0.759. The SMILES string of the molecule is CCCCn1c(N)c(N=O)c(=O)n(C)c1=O. The molecule has 1 rings (SSSR count). The maximum absolute atomic E-state index is 11.7. The number of aromatic nitrogens is 2. The average molecular weight is 226 g/mol. The van der Waals surface area contributed by atoms with Crippen molar-refractivity contribution in [2.45, 2.75) is 26.3 Å². The van der Waals surface area contributed by atoms with Gasteiger partial charge in [-0.05, 0) is 11.6 Å². The maximum Gasteiger partial charge on any atom is 0.332 e. The van der Waals surface area contributed by atoms with Crippen LogP contribution in [0, 0.1) is 4.91 Å². The second kappa shape index (κ2) is 4.73. The van der Waals surface area contributed by atoms with E-state index in [1.165, 1.54) is 11.6 Å². The van der Waals surface area contributed by atoms with Crippen molar-refractivity contribution in [3.8, 4) is 0 Å². The maximum atomic E-state index is 11.7. The highest BCUT2D eigenvalue weighted by molar-refractivity contribution is 5.55. The number of nitrogens with zero attached hydrogens (tertiary/aromatic N) is 3. The topological polar surface area (TPSA) is 99.4 Å². The van der Waals surface area contributed by atoms with Gasteiger partial charge in [-0.25, -0.2) is 4.79 Å². The number of anilines is 1. The van der Waals surface area contributed by atoms with E-state index >= 15 is 0 Å². The van der Waals surface area contributed by atoms with E-state index in [-0.39, 0.29) is 5.82 Å². The summed E-state index contributed by atoms with van der Waals surface area (Å²) in [6, 6.07) is 0. The molecule has 0 atom stereocenters. The fourth-order valence-electron chi connectivity index (χ4n) is 1.39. The minimum Gasteiger partial charge on any atom is -0.383 e. The summed E-state index contributed by atoms with van der Waals surface area (Å²) >= 11 is 0. The quantitative estimate of drug-likeness (QED) is 0.747. The Hall–Kier alpha value is -1.92. The number of hydrogen-bond donors (Lipinski definition) is 1. The molecular formula is C9H14N4O3. The third-order valence-electron chi connectivity index (χ3n) is 2.39. The predicted octanol–water partition coefficient (Wildman–Crippen LogP) is 0.327. The molecule has 0 aromatic carbocycles. The number of nitrogen functional groups attached to an aromatic ring is 1. The molecule has 0 fully saturated rings. The first-order valence-corrected chi connectivity index (χ1v) is 4.97. The van der Waals surface area contributed by atoms with Crippen molar-refractivity contribution in [2.24, 2.45) is 12.2 Å². The summed E-state index contributed by atoms with van der Waals surface area (Å²) < 4.78 is 2.03. The highest BCUT2D eigenvalue weighted by atomic mass is 16.3. The molecule has 0 radical (unpaired) electrons. The number of nitrogens with two attached hydrogens (primary N) is 1. The molecule has 7 heteroatoms. The highest BCUT2D eigenvalue weighted by Gasteiger charge is 2.15. The Morgan fingerprint density at radius 3 is 2.50 bits per heavy atom. The molecule has 0 unspecified atom stereocenters. The zero-order chi connectivity index (χ0) is 12.3. The van der Waals surface area contributed by atoms with E-state index in [0.717, 1.165) is 17.4 Å². The summed E-state index contributed by atoms with van der Waals surface area (Å²) in [5.41, 5.74) is 3.87. The third kappa shape index (κ3) is 1.88. The van der Waals surface area contributed by atoms with E-state index in [1.807, 2.05) is 6.92 Å². The Bertz CT molecular complexity index is 515. The summed E-state index contributed by atoms with van der Waals surface area (Å²) in [6.45, 7) is 2.33. The number of rotatable bonds is 4. The fourth-order valence-corrected chi connectivity index (χ4v) is 1.39. The largest absolute Gasteiger partial charge is 0.383 e. The monoisotopic (exact) mass is 226 g/mol. The fraction of sp³-hybridized carbons (Fsp3) is 0.556.